The number of ether oxygens (including phenoxy) is 2. The maximum atomic E-state index is 13.3. The summed E-state index contributed by atoms with van der Waals surface area (Å²) in [5.74, 6) is 0.497. The first kappa shape index (κ1) is 40.2. The number of carbonyl (C=O) groups is 2. The summed E-state index contributed by atoms with van der Waals surface area (Å²) in [6.07, 6.45) is 16.2. The highest BCUT2D eigenvalue weighted by atomic mass is 32.2. The van der Waals surface area contributed by atoms with Gasteiger partial charge in [-0.1, -0.05) is 73.5 Å². The second kappa shape index (κ2) is 21.1. The molecule has 0 bridgehead atoms. The summed E-state index contributed by atoms with van der Waals surface area (Å²) in [4.78, 5) is 33.9. The molecule has 1 rings (SSSR count). The molecule has 0 radical (unpaired) electrons. The normalized spacial score (nSPS) is 13.5. The highest BCUT2D eigenvalue weighted by Crippen LogP contribution is 2.32. The summed E-state index contributed by atoms with van der Waals surface area (Å²) in [6.45, 7) is 23.9. The third-order valence-corrected chi connectivity index (χ3v) is 7.62. The number of amides is 2. The Kier molecular flexibility index (Phi) is 18.0. The Balaban J connectivity index is 3.41. The van der Waals surface area contributed by atoms with E-state index < -0.39 is 5.91 Å². The van der Waals surface area contributed by atoms with Crippen LogP contribution in [0.2, 0.25) is 0 Å². The number of allylic oxidation sites excluding steroid dienone is 11. The number of primary amides is 1. The monoisotopic (exact) mass is 655 g/mol. The second-order valence-electron chi connectivity index (χ2n) is 10.4. The van der Waals surface area contributed by atoms with E-state index in [4.69, 9.17) is 20.2 Å². The summed E-state index contributed by atoms with van der Waals surface area (Å²) >= 11 is 1.41. The van der Waals surface area contributed by atoms with Crippen LogP contribution in [0.4, 0.5) is 5.69 Å². The lowest BCUT2D eigenvalue weighted by Crippen LogP contribution is -2.30. The van der Waals surface area contributed by atoms with Gasteiger partial charge >= 0.3 is 0 Å². The number of benzene rings is 1. The lowest BCUT2D eigenvalue weighted by Gasteiger charge is -2.19. The number of carbonyl (C=O) groups excluding carboxylic acids is 2. The van der Waals surface area contributed by atoms with Crippen molar-refractivity contribution in [3.05, 3.63) is 142 Å². The first-order valence-corrected chi connectivity index (χ1v) is 15.9. The lowest BCUT2D eigenvalue weighted by molar-refractivity contribution is -0.126. The molecule has 0 saturated carbocycles. The van der Waals surface area contributed by atoms with Crippen LogP contribution in [0.3, 0.4) is 0 Å². The fourth-order valence-electron chi connectivity index (χ4n) is 3.91. The van der Waals surface area contributed by atoms with Gasteiger partial charge in [-0.15, -0.1) is 0 Å². The van der Waals surface area contributed by atoms with Gasteiger partial charge in [-0.05, 0) is 83.6 Å². The average Bonchev–Trinajstić information content (AvgIpc) is 3.05. The summed E-state index contributed by atoms with van der Waals surface area (Å²) in [5, 5.41) is 0. The number of thioether (sulfide) groups is 1. The molecule has 47 heavy (non-hydrogen) atoms. The Labute approximate surface area is 285 Å². The number of nitrogens with zero attached hydrogens (tertiary/aromatic N) is 2. The predicted molar refractivity (Wildman–Crippen MR) is 201 cm³/mol. The highest BCUT2D eigenvalue weighted by Gasteiger charge is 2.19. The first-order valence-electron chi connectivity index (χ1n) is 15.1. The number of rotatable bonds is 18. The molecule has 0 unspecified atom stereocenters. The largest absolute Gasteiger partial charge is 0.497 e. The van der Waals surface area contributed by atoms with Crippen molar-refractivity contribution < 1.29 is 19.1 Å². The van der Waals surface area contributed by atoms with Crippen molar-refractivity contribution in [2.75, 3.05) is 27.3 Å². The van der Waals surface area contributed by atoms with Gasteiger partial charge in [-0.25, -0.2) is 4.99 Å². The van der Waals surface area contributed by atoms with Crippen molar-refractivity contribution in [1.29, 1.82) is 0 Å². The van der Waals surface area contributed by atoms with Crippen molar-refractivity contribution >= 4 is 35.0 Å². The Morgan fingerprint density at radius 2 is 1.68 bits per heavy atom. The lowest BCUT2D eigenvalue weighted by atomic mass is 9.96. The van der Waals surface area contributed by atoms with Crippen molar-refractivity contribution in [3.63, 3.8) is 0 Å². The van der Waals surface area contributed by atoms with E-state index >= 15 is 0 Å². The van der Waals surface area contributed by atoms with E-state index in [1.165, 1.54) is 11.8 Å². The van der Waals surface area contributed by atoms with Gasteiger partial charge < -0.3 is 20.1 Å². The van der Waals surface area contributed by atoms with Gasteiger partial charge in [0.15, 0.2) is 0 Å². The third kappa shape index (κ3) is 13.6. The van der Waals surface area contributed by atoms with Crippen LogP contribution in [0.25, 0.3) is 0 Å². The number of hydrogen-bond donors (Lipinski definition) is 1. The molecule has 0 spiro atoms. The minimum absolute atomic E-state index is 0.156. The summed E-state index contributed by atoms with van der Waals surface area (Å²) in [5.41, 5.74) is 9.97. The standard InChI is InChI=1S/C39H49N3O4S/c1-12-29(39(44)42(10)22-23-46-31(13-2)21-20-27(6)7)24-33(14-3)47-34(15-4)26-36(28(8)9)37(35(16-5)38(40)43)41-30-18-17-19-32(25-30)45-11/h12-21,24-26H,2-3,8,22-23H2,1,4-7,9-11H3,(H2,40,43)/b29-12?,31-21?,33-24?,34-15?,35-16+,36-26+,41-37?. The molecule has 7 nitrogen and oxygen atoms in total. The van der Waals surface area contributed by atoms with Gasteiger partial charge in [0.1, 0.15) is 18.1 Å². The SMILES string of the molecule is C=CC(=CC=C(C)C)OCCN(C)C(=O)C(C=C(C=C)SC(=CC)/C=C(\C(=C)C)C(=Nc1cccc(OC)c1)/C(=C\C)C(N)=O)=CC. The molecule has 8 heteroatoms. The minimum atomic E-state index is -0.613. The molecule has 1 aromatic rings. The fraction of sp³-hybridized carbons (Fsp3) is 0.256. The summed E-state index contributed by atoms with van der Waals surface area (Å²) in [7, 11) is 3.31. The molecule has 250 valence electrons. The number of likely N-dealkylation sites (N-methyl/N-ethyl adjacent to an activating group) is 1. The van der Waals surface area contributed by atoms with Crippen LogP contribution in [0.1, 0.15) is 41.5 Å². The number of methoxy groups -OCH3 is 1. The van der Waals surface area contributed by atoms with E-state index in [0.717, 1.165) is 15.4 Å². The smallest absolute Gasteiger partial charge is 0.253 e. The molecular weight excluding hydrogens is 607 g/mol. The Hall–Kier alpha value is -4.82. The molecule has 0 aromatic heterocycles. The topological polar surface area (TPSA) is 94.2 Å². The van der Waals surface area contributed by atoms with E-state index in [2.05, 4.69) is 19.7 Å². The van der Waals surface area contributed by atoms with E-state index in [0.29, 0.717) is 52.8 Å². The highest BCUT2D eigenvalue weighted by molar-refractivity contribution is 8.07. The quantitative estimate of drug-likeness (QED) is 0.0738. The zero-order chi connectivity index (χ0) is 35.5. The third-order valence-electron chi connectivity index (χ3n) is 6.51. The van der Waals surface area contributed by atoms with Crippen LogP contribution in [0.15, 0.2) is 147 Å². The fourth-order valence-corrected chi connectivity index (χ4v) is 4.75. The van der Waals surface area contributed by atoms with Crippen molar-refractivity contribution in [2.24, 2.45) is 10.7 Å². The van der Waals surface area contributed by atoms with E-state index in [1.807, 2.05) is 77.1 Å². The Morgan fingerprint density at radius 3 is 2.19 bits per heavy atom. The van der Waals surface area contributed by atoms with Crippen LogP contribution in [-0.4, -0.2) is 49.7 Å². The van der Waals surface area contributed by atoms with Gasteiger partial charge in [-0.2, -0.15) is 0 Å². The minimum Gasteiger partial charge on any atom is -0.497 e. The molecule has 0 aliphatic rings. The van der Waals surface area contributed by atoms with Gasteiger partial charge in [0.05, 0.1) is 30.6 Å². The zero-order valence-electron chi connectivity index (χ0n) is 29.1. The average molecular weight is 656 g/mol. The maximum absolute atomic E-state index is 13.3. The molecule has 0 aliphatic heterocycles. The second-order valence-corrected chi connectivity index (χ2v) is 11.6. The number of hydrogen-bond acceptors (Lipinski definition) is 6. The Morgan fingerprint density at radius 1 is 0.979 bits per heavy atom. The molecule has 0 saturated heterocycles. The van der Waals surface area contributed by atoms with Gasteiger partial charge in [0.2, 0.25) is 0 Å². The van der Waals surface area contributed by atoms with Crippen molar-refractivity contribution in [3.8, 4) is 5.75 Å². The molecule has 0 heterocycles. The molecule has 0 fully saturated rings. The van der Waals surface area contributed by atoms with E-state index in [1.54, 1.807) is 62.4 Å². The Bertz CT molecular complexity index is 1580. The molecular formula is C39H49N3O4S. The van der Waals surface area contributed by atoms with Crippen LogP contribution in [-0.2, 0) is 14.3 Å². The summed E-state index contributed by atoms with van der Waals surface area (Å²) in [6, 6.07) is 7.22. The molecule has 2 amide bonds. The van der Waals surface area contributed by atoms with E-state index in [9.17, 15) is 9.59 Å². The molecule has 0 aliphatic carbocycles. The number of aliphatic imine (C=N–C) groups is 1. The van der Waals surface area contributed by atoms with Gasteiger partial charge in [0.25, 0.3) is 11.8 Å². The van der Waals surface area contributed by atoms with Crippen molar-refractivity contribution in [2.45, 2.75) is 41.5 Å². The summed E-state index contributed by atoms with van der Waals surface area (Å²) < 4.78 is 11.1. The van der Waals surface area contributed by atoms with Crippen LogP contribution in [0, 0.1) is 0 Å². The van der Waals surface area contributed by atoms with Gasteiger partial charge in [-0.3, -0.25) is 9.59 Å². The van der Waals surface area contributed by atoms with Crippen LogP contribution < -0.4 is 10.5 Å². The molecule has 0 atom stereocenters. The zero-order valence-corrected chi connectivity index (χ0v) is 29.9. The first-order chi connectivity index (χ1) is 22.3. The number of nitrogens with two attached hydrogens (primary N) is 1. The molecule has 2 N–H and O–H groups in total. The van der Waals surface area contributed by atoms with E-state index in [-0.39, 0.29) is 11.5 Å². The van der Waals surface area contributed by atoms with Crippen LogP contribution in [0.5, 0.6) is 5.75 Å². The van der Waals surface area contributed by atoms with Crippen LogP contribution >= 0.6 is 11.8 Å². The van der Waals surface area contributed by atoms with Gasteiger partial charge in [0, 0.05) is 34.1 Å². The van der Waals surface area contributed by atoms with Crippen molar-refractivity contribution in [1.82, 2.24) is 4.90 Å². The predicted octanol–water partition coefficient (Wildman–Crippen LogP) is 8.87. The maximum Gasteiger partial charge on any atom is 0.253 e. The molecule has 1 aromatic carbocycles.